The predicted molar refractivity (Wildman–Crippen MR) is 81.6 cm³/mol. The fourth-order valence-electron chi connectivity index (χ4n) is 2.31. The second kappa shape index (κ2) is 6.43. The molecule has 0 aliphatic carbocycles. The number of rotatable bonds is 5. The molecule has 0 bridgehead atoms. The molecule has 1 amide bonds. The summed E-state index contributed by atoms with van der Waals surface area (Å²) in [4.78, 5) is 23.0. The maximum Gasteiger partial charge on any atom is 0.335 e. The van der Waals surface area contributed by atoms with E-state index in [0.29, 0.717) is 5.56 Å². The Balaban J connectivity index is 2.02. The normalized spacial score (nSPS) is 12.0. The summed E-state index contributed by atoms with van der Waals surface area (Å²) in [6, 6.07) is 6.25. The molecule has 116 valence electrons. The molecular formula is C16H19N3O3. The molecule has 0 fully saturated rings. The lowest BCUT2D eigenvalue weighted by atomic mass is 10.1. The van der Waals surface area contributed by atoms with Crippen molar-refractivity contribution in [3.63, 3.8) is 0 Å². The molecule has 1 heterocycles. The van der Waals surface area contributed by atoms with Gasteiger partial charge in [0.1, 0.15) is 0 Å². The first-order valence-corrected chi connectivity index (χ1v) is 6.98. The van der Waals surface area contributed by atoms with Crippen molar-refractivity contribution in [1.82, 2.24) is 15.1 Å². The molecule has 2 N–H and O–H groups in total. The van der Waals surface area contributed by atoms with Crippen molar-refractivity contribution in [2.24, 2.45) is 7.05 Å². The molecule has 6 heteroatoms. The topological polar surface area (TPSA) is 84.2 Å². The van der Waals surface area contributed by atoms with Crippen LogP contribution in [0.2, 0.25) is 0 Å². The fraction of sp³-hybridized carbons (Fsp3) is 0.312. The van der Waals surface area contributed by atoms with Crippen molar-refractivity contribution in [2.45, 2.75) is 26.3 Å². The van der Waals surface area contributed by atoms with Crippen molar-refractivity contribution in [3.8, 4) is 0 Å². The van der Waals surface area contributed by atoms with E-state index in [-0.39, 0.29) is 23.9 Å². The maximum absolute atomic E-state index is 12.1. The van der Waals surface area contributed by atoms with E-state index in [1.54, 1.807) is 23.0 Å². The van der Waals surface area contributed by atoms with Crippen LogP contribution < -0.4 is 5.32 Å². The van der Waals surface area contributed by atoms with E-state index in [1.807, 2.05) is 20.9 Å². The van der Waals surface area contributed by atoms with E-state index in [4.69, 9.17) is 5.11 Å². The average molecular weight is 301 g/mol. The molecule has 0 saturated heterocycles. The number of hydrogen-bond acceptors (Lipinski definition) is 3. The Morgan fingerprint density at radius 2 is 2.14 bits per heavy atom. The van der Waals surface area contributed by atoms with E-state index in [1.165, 1.54) is 12.1 Å². The molecule has 2 rings (SSSR count). The van der Waals surface area contributed by atoms with Crippen LogP contribution in [0, 0.1) is 6.92 Å². The zero-order chi connectivity index (χ0) is 16.3. The van der Waals surface area contributed by atoms with Gasteiger partial charge in [0.25, 0.3) is 0 Å². The number of benzene rings is 1. The standard InChI is InChI=1S/C16H19N3O3/c1-10(14-9-17-19(3)11(14)2)18-15(20)8-12-5-4-6-13(7-12)16(21)22/h4-7,9-10H,8H2,1-3H3,(H,18,20)(H,21,22). The van der Waals surface area contributed by atoms with Gasteiger partial charge < -0.3 is 10.4 Å². The van der Waals surface area contributed by atoms with E-state index < -0.39 is 5.97 Å². The number of carboxylic acid groups (broad SMARTS) is 1. The summed E-state index contributed by atoms with van der Waals surface area (Å²) < 4.78 is 1.76. The van der Waals surface area contributed by atoms with Crippen molar-refractivity contribution in [1.29, 1.82) is 0 Å². The summed E-state index contributed by atoms with van der Waals surface area (Å²) in [7, 11) is 1.85. The number of aryl methyl sites for hydroxylation is 1. The fourth-order valence-corrected chi connectivity index (χ4v) is 2.31. The largest absolute Gasteiger partial charge is 0.478 e. The van der Waals surface area contributed by atoms with E-state index in [0.717, 1.165) is 11.3 Å². The minimum Gasteiger partial charge on any atom is -0.478 e. The molecule has 0 aliphatic heterocycles. The Kier molecular flexibility index (Phi) is 4.60. The zero-order valence-electron chi connectivity index (χ0n) is 12.8. The van der Waals surface area contributed by atoms with Gasteiger partial charge in [-0.15, -0.1) is 0 Å². The summed E-state index contributed by atoms with van der Waals surface area (Å²) in [5.41, 5.74) is 2.82. The Morgan fingerprint density at radius 1 is 1.41 bits per heavy atom. The van der Waals surface area contributed by atoms with Gasteiger partial charge in [0.2, 0.25) is 5.91 Å². The number of nitrogens with zero attached hydrogens (tertiary/aromatic N) is 2. The molecule has 0 saturated carbocycles. The molecule has 2 aromatic rings. The van der Waals surface area contributed by atoms with Crippen LogP contribution in [0.25, 0.3) is 0 Å². The highest BCUT2D eigenvalue weighted by Crippen LogP contribution is 2.16. The van der Waals surface area contributed by atoms with Crippen LogP contribution in [0.3, 0.4) is 0 Å². The van der Waals surface area contributed by atoms with Crippen LogP contribution in [-0.4, -0.2) is 26.8 Å². The lowest BCUT2D eigenvalue weighted by Gasteiger charge is -2.14. The molecule has 1 unspecified atom stereocenters. The number of carbonyl (C=O) groups is 2. The van der Waals surface area contributed by atoms with Gasteiger partial charge in [-0.2, -0.15) is 5.10 Å². The summed E-state index contributed by atoms with van der Waals surface area (Å²) in [5, 5.41) is 16.0. The number of nitrogens with one attached hydrogen (secondary N) is 1. The van der Waals surface area contributed by atoms with Gasteiger partial charge >= 0.3 is 5.97 Å². The summed E-state index contributed by atoms with van der Waals surface area (Å²) in [5.74, 6) is -1.15. The summed E-state index contributed by atoms with van der Waals surface area (Å²) in [6.07, 6.45) is 1.89. The smallest absolute Gasteiger partial charge is 0.335 e. The Morgan fingerprint density at radius 3 is 2.73 bits per heavy atom. The Hall–Kier alpha value is -2.63. The number of aromatic carboxylic acids is 1. The monoisotopic (exact) mass is 301 g/mol. The zero-order valence-corrected chi connectivity index (χ0v) is 12.8. The molecule has 1 atom stereocenters. The van der Waals surface area contributed by atoms with Crippen LogP contribution in [-0.2, 0) is 18.3 Å². The number of aromatic nitrogens is 2. The Bertz CT molecular complexity index is 706. The lowest BCUT2D eigenvalue weighted by molar-refractivity contribution is -0.121. The third kappa shape index (κ3) is 3.52. The highest BCUT2D eigenvalue weighted by molar-refractivity contribution is 5.88. The van der Waals surface area contributed by atoms with Gasteiger partial charge in [-0.3, -0.25) is 9.48 Å². The van der Waals surface area contributed by atoms with Crippen LogP contribution in [0.4, 0.5) is 0 Å². The first kappa shape index (κ1) is 15.8. The first-order valence-electron chi connectivity index (χ1n) is 6.98. The first-order chi connectivity index (χ1) is 10.4. The number of carbonyl (C=O) groups excluding carboxylic acids is 1. The lowest BCUT2D eigenvalue weighted by Crippen LogP contribution is -2.28. The van der Waals surface area contributed by atoms with Crippen LogP contribution >= 0.6 is 0 Å². The van der Waals surface area contributed by atoms with Crippen LogP contribution in [0.15, 0.2) is 30.5 Å². The second-order valence-electron chi connectivity index (χ2n) is 5.28. The Labute approximate surface area is 128 Å². The molecule has 0 spiro atoms. The molecule has 22 heavy (non-hydrogen) atoms. The van der Waals surface area contributed by atoms with Crippen molar-refractivity contribution in [3.05, 3.63) is 52.8 Å². The highest BCUT2D eigenvalue weighted by atomic mass is 16.4. The van der Waals surface area contributed by atoms with Gasteiger partial charge in [-0.25, -0.2) is 4.79 Å². The second-order valence-corrected chi connectivity index (χ2v) is 5.28. The summed E-state index contributed by atoms with van der Waals surface area (Å²) >= 11 is 0. The SMILES string of the molecule is Cc1c(C(C)NC(=O)Cc2cccc(C(=O)O)c2)cnn1C. The molecule has 0 aliphatic rings. The number of amides is 1. The molecule has 6 nitrogen and oxygen atoms in total. The van der Waals surface area contributed by atoms with E-state index >= 15 is 0 Å². The summed E-state index contributed by atoms with van der Waals surface area (Å²) in [6.45, 7) is 3.84. The van der Waals surface area contributed by atoms with Gasteiger partial charge in [0.05, 0.1) is 24.2 Å². The maximum atomic E-state index is 12.1. The molecular weight excluding hydrogens is 282 g/mol. The predicted octanol–water partition coefficient (Wildman–Crippen LogP) is 1.85. The minimum atomic E-state index is -0.999. The third-order valence-corrected chi connectivity index (χ3v) is 3.66. The molecule has 1 aromatic heterocycles. The molecule has 1 aromatic carbocycles. The van der Waals surface area contributed by atoms with E-state index in [9.17, 15) is 9.59 Å². The number of hydrogen-bond donors (Lipinski definition) is 2. The van der Waals surface area contributed by atoms with Crippen molar-refractivity contribution < 1.29 is 14.7 Å². The van der Waals surface area contributed by atoms with Crippen LogP contribution in [0.1, 0.15) is 40.1 Å². The van der Waals surface area contributed by atoms with Crippen LogP contribution in [0.5, 0.6) is 0 Å². The van der Waals surface area contributed by atoms with Gasteiger partial charge in [0.15, 0.2) is 0 Å². The molecule has 0 radical (unpaired) electrons. The van der Waals surface area contributed by atoms with Gasteiger partial charge in [-0.05, 0) is 31.5 Å². The minimum absolute atomic E-state index is 0.144. The number of carboxylic acids is 1. The van der Waals surface area contributed by atoms with Gasteiger partial charge in [-0.1, -0.05) is 12.1 Å². The van der Waals surface area contributed by atoms with Crippen molar-refractivity contribution >= 4 is 11.9 Å². The van der Waals surface area contributed by atoms with Gasteiger partial charge in [0, 0.05) is 18.3 Å². The average Bonchev–Trinajstić information content (AvgIpc) is 2.79. The third-order valence-electron chi connectivity index (χ3n) is 3.66. The van der Waals surface area contributed by atoms with Crippen molar-refractivity contribution in [2.75, 3.05) is 0 Å². The highest BCUT2D eigenvalue weighted by Gasteiger charge is 2.15. The quantitative estimate of drug-likeness (QED) is 0.882. The van der Waals surface area contributed by atoms with E-state index in [2.05, 4.69) is 10.4 Å².